The molecule has 20 heavy (non-hydrogen) atoms. The van der Waals surface area contributed by atoms with Gasteiger partial charge in [0.25, 0.3) is 0 Å². The summed E-state index contributed by atoms with van der Waals surface area (Å²) in [5, 5.41) is 21.7. The molecule has 0 spiro atoms. The largest absolute Gasteiger partial charge is 0.480 e. The number of benzene rings is 1. The summed E-state index contributed by atoms with van der Waals surface area (Å²) in [4.78, 5) is 11.2. The molecule has 6 nitrogen and oxygen atoms in total. The molecule has 0 saturated heterocycles. The van der Waals surface area contributed by atoms with E-state index in [-0.39, 0.29) is 13.2 Å². The van der Waals surface area contributed by atoms with Gasteiger partial charge in [-0.3, -0.25) is 10.1 Å². The van der Waals surface area contributed by atoms with Crippen LogP contribution in [0.2, 0.25) is 0 Å². The first-order valence-electron chi connectivity index (χ1n) is 6.41. The molecule has 0 aliphatic rings. The van der Waals surface area contributed by atoms with Crippen LogP contribution >= 0.6 is 0 Å². The van der Waals surface area contributed by atoms with Crippen molar-refractivity contribution in [2.24, 2.45) is 0 Å². The number of hydrogen-bond acceptors (Lipinski definition) is 5. The molecule has 1 aromatic rings. The summed E-state index contributed by atoms with van der Waals surface area (Å²) >= 11 is 0. The maximum absolute atomic E-state index is 11.2. The number of carbonyl (C=O) groups is 1. The van der Waals surface area contributed by atoms with Crippen molar-refractivity contribution >= 4 is 5.97 Å². The number of ether oxygens (including phenoxy) is 2. The smallest absolute Gasteiger partial charge is 0.325 e. The molecule has 3 N–H and O–H groups in total. The van der Waals surface area contributed by atoms with Crippen molar-refractivity contribution in [2.75, 3.05) is 33.5 Å². The second kappa shape index (κ2) is 9.44. The maximum atomic E-state index is 11.2. The first kappa shape index (κ1) is 16.6. The van der Waals surface area contributed by atoms with E-state index in [9.17, 15) is 15.0 Å². The minimum Gasteiger partial charge on any atom is -0.480 e. The lowest BCUT2D eigenvalue weighted by atomic mass is 10.1. The fourth-order valence-electron chi connectivity index (χ4n) is 1.67. The Morgan fingerprint density at radius 2 is 2.00 bits per heavy atom. The monoisotopic (exact) mass is 283 g/mol. The standard InChI is InChI=1S/C14H21NO5/c1-19-7-8-20-10-12(16)9-15-13(14(17)18)11-5-3-2-4-6-11/h2-6,12-13,15-16H,7-10H2,1H3,(H,17,18). The second-order valence-corrected chi connectivity index (χ2v) is 4.31. The Morgan fingerprint density at radius 1 is 1.30 bits per heavy atom. The first-order valence-corrected chi connectivity index (χ1v) is 6.41. The van der Waals surface area contributed by atoms with Crippen LogP contribution in [0.5, 0.6) is 0 Å². The van der Waals surface area contributed by atoms with Crippen LogP contribution in [0.25, 0.3) is 0 Å². The van der Waals surface area contributed by atoms with Crippen molar-refractivity contribution in [3.63, 3.8) is 0 Å². The molecule has 1 rings (SSSR count). The van der Waals surface area contributed by atoms with Gasteiger partial charge in [-0.1, -0.05) is 30.3 Å². The summed E-state index contributed by atoms with van der Waals surface area (Å²) in [6.07, 6.45) is -0.766. The van der Waals surface area contributed by atoms with Gasteiger partial charge in [-0.25, -0.2) is 0 Å². The highest BCUT2D eigenvalue weighted by Crippen LogP contribution is 2.12. The number of aliphatic carboxylic acids is 1. The van der Waals surface area contributed by atoms with Crippen LogP contribution in [0.1, 0.15) is 11.6 Å². The number of carboxylic acid groups (broad SMARTS) is 1. The van der Waals surface area contributed by atoms with Crippen molar-refractivity contribution in [1.29, 1.82) is 0 Å². The van der Waals surface area contributed by atoms with Gasteiger partial charge < -0.3 is 19.7 Å². The molecule has 2 unspecified atom stereocenters. The number of carboxylic acids is 1. The third-order valence-electron chi connectivity index (χ3n) is 2.68. The topological polar surface area (TPSA) is 88.0 Å². The Hall–Kier alpha value is -1.47. The quantitative estimate of drug-likeness (QED) is 0.540. The van der Waals surface area contributed by atoms with E-state index in [1.165, 1.54) is 0 Å². The van der Waals surface area contributed by atoms with Gasteiger partial charge in [0.15, 0.2) is 0 Å². The Balaban J connectivity index is 2.38. The highest BCUT2D eigenvalue weighted by molar-refractivity contribution is 5.75. The molecule has 0 saturated carbocycles. The van der Waals surface area contributed by atoms with Crippen LogP contribution in [0, 0.1) is 0 Å². The van der Waals surface area contributed by atoms with Gasteiger partial charge in [-0.05, 0) is 5.56 Å². The predicted molar refractivity (Wildman–Crippen MR) is 73.5 cm³/mol. The van der Waals surface area contributed by atoms with Crippen molar-refractivity contribution in [3.8, 4) is 0 Å². The molecule has 0 aromatic heterocycles. The SMILES string of the molecule is COCCOCC(O)CNC(C(=O)O)c1ccccc1. The lowest BCUT2D eigenvalue weighted by molar-refractivity contribution is -0.139. The molecule has 0 radical (unpaired) electrons. The number of hydrogen-bond donors (Lipinski definition) is 3. The number of aliphatic hydroxyl groups is 1. The molecule has 0 aliphatic heterocycles. The van der Waals surface area contributed by atoms with Crippen LogP contribution in [0.4, 0.5) is 0 Å². The molecule has 0 aliphatic carbocycles. The second-order valence-electron chi connectivity index (χ2n) is 4.31. The zero-order valence-corrected chi connectivity index (χ0v) is 11.5. The van der Waals surface area contributed by atoms with Crippen molar-refractivity contribution in [1.82, 2.24) is 5.32 Å². The summed E-state index contributed by atoms with van der Waals surface area (Å²) < 4.78 is 9.98. The molecule has 0 fully saturated rings. The van der Waals surface area contributed by atoms with Crippen LogP contribution in [0.15, 0.2) is 30.3 Å². The van der Waals surface area contributed by atoms with Gasteiger partial charge in [0.1, 0.15) is 6.04 Å². The number of aliphatic hydroxyl groups excluding tert-OH is 1. The normalized spacial score (nSPS) is 13.9. The molecule has 6 heteroatoms. The van der Waals surface area contributed by atoms with Gasteiger partial charge in [0.2, 0.25) is 0 Å². The lowest BCUT2D eigenvalue weighted by Crippen LogP contribution is -2.36. The highest BCUT2D eigenvalue weighted by Gasteiger charge is 2.19. The van der Waals surface area contributed by atoms with Crippen molar-refractivity contribution in [3.05, 3.63) is 35.9 Å². The third-order valence-corrected chi connectivity index (χ3v) is 2.68. The van der Waals surface area contributed by atoms with E-state index >= 15 is 0 Å². The van der Waals surface area contributed by atoms with Gasteiger partial charge >= 0.3 is 5.97 Å². The van der Waals surface area contributed by atoms with E-state index < -0.39 is 18.1 Å². The molecule has 0 heterocycles. The Morgan fingerprint density at radius 3 is 2.60 bits per heavy atom. The van der Waals surface area contributed by atoms with Crippen LogP contribution in [0.3, 0.4) is 0 Å². The molecule has 1 aromatic carbocycles. The van der Waals surface area contributed by atoms with E-state index in [4.69, 9.17) is 9.47 Å². The van der Waals surface area contributed by atoms with Crippen LogP contribution in [-0.2, 0) is 14.3 Å². The predicted octanol–water partition coefficient (Wildman–Crippen LogP) is 0.426. The van der Waals surface area contributed by atoms with Crippen LogP contribution in [-0.4, -0.2) is 55.8 Å². The van der Waals surface area contributed by atoms with E-state index in [1.54, 1.807) is 31.4 Å². The zero-order valence-electron chi connectivity index (χ0n) is 11.5. The van der Waals surface area contributed by atoms with Gasteiger partial charge in [-0.15, -0.1) is 0 Å². The summed E-state index contributed by atoms with van der Waals surface area (Å²) in [5.74, 6) is -0.983. The number of nitrogens with one attached hydrogen (secondary N) is 1. The van der Waals surface area contributed by atoms with Gasteiger partial charge in [0.05, 0.1) is 25.9 Å². The van der Waals surface area contributed by atoms with Crippen molar-refractivity contribution in [2.45, 2.75) is 12.1 Å². The summed E-state index contributed by atoms with van der Waals surface area (Å²) in [6.45, 7) is 1.13. The fraction of sp³-hybridized carbons (Fsp3) is 0.500. The summed E-state index contributed by atoms with van der Waals surface area (Å²) in [5.41, 5.74) is 0.646. The molecule has 0 amide bonds. The van der Waals surface area contributed by atoms with Gasteiger partial charge in [-0.2, -0.15) is 0 Å². The van der Waals surface area contributed by atoms with Gasteiger partial charge in [0, 0.05) is 13.7 Å². The molecular formula is C14H21NO5. The molecule has 2 atom stereocenters. The van der Waals surface area contributed by atoms with Crippen molar-refractivity contribution < 1.29 is 24.5 Å². The summed E-state index contributed by atoms with van der Waals surface area (Å²) in [7, 11) is 1.57. The van der Waals surface area contributed by atoms with Crippen LogP contribution < -0.4 is 5.32 Å². The lowest BCUT2D eigenvalue weighted by Gasteiger charge is -2.17. The Bertz CT molecular complexity index is 384. The molecule has 0 bridgehead atoms. The van der Waals surface area contributed by atoms with E-state index in [2.05, 4.69) is 5.32 Å². The highest BCUT2D eigenvalue weighted by atomic mass is 16.5. The zero-order chi connectivity index (χ0) is 14.8. The maximum Gasteiger partial charge on any atom is 0.325 e. The van der Waals surface area contributed by atoms with E-state index in [0.717, 1.165) is 0 Å². The van der Waals surface area contributed by atoms with E-state index in [1.807, 2.05) is 6.07 Å². The Labute approximate surface area is 118 Å². The Kier molecular flexibility index (Phi) is 7.82. The minimum absolute atomic E-state index is 0.136. The third kappa shape index (κ3) is 6.12. The van der Waals surface area contributed by atoms with E-state index in [0.29, 0.717) is 18.8 Å². The summed E-state index contributed by atoms with van der Waals surface area (Å²) in [6, 6.07) is 7.99. The minimum atomic E-state index is -0.983. The number of rotatable bonds is 10. The average molecular weight is 283 g/mol. The first-order chi connectivity index (χ1) is 9.65. The number of methoxy groups -OCH3 is 1. The fourth-order valence-corrected chi connectivity index (χ4v) is 1.67. The average Bonchev–Trinajstić information content (AvgIpc) is 2.44. The molecule has 112 valence electrons. The molecular weight excluding hydrogens is 262 g/mol.